The monoisotopic (exact) mass is 579 g/mol. The number of carbonyl (C=O) groups is 3. The van der Waals surface area contributed by atoms with Crippen molar-refractivity contribution in [3.8, 4) is 5.75 Å². The van der Waals surface area contributed by atoms with Crippen LogP contribution in [0.15, 0.2) is 53.6 Å². The minimum absolute atomic E-state index is 0.0272. The molecule has 220 valence electrons. The van der Waals surface area contributed by atoms with Gasteiger partial charge in [0, 0.05) is 41.4 Å². The van der Waals surface area contributed by atoms with Gasteiger partial charge in [0.15, 0.2) is 11.4 Å². The van der Waals surface area contributed by atoms with E-state index in [1.54, 1.807) is 32.3 Å². The number of hydrogen-bond acceptors (Lipinski definition) is 10. The zero-order valence-electron chi connectivity index (χ0n) is 22.9. The number of carbonyl (C=O) groups excluding carboxylic acids is 3. The number of aliphatic hydroxyl groups excluding tert-OH is 2. The van der Waals surface area contributed by atoms with E-state index >= 15 is 0 Å². The Morgan fingerprint density at radius 1 is 1.14 bits per heavy atom. The van der Waals surface area contributed by atoms with Crippen LogP contribution in [0, 0.1) is 18.5 Å². The number of phenolic OH excluding ortho intramolecular Hbond substituents is 1. The van der Waals surface area contributed by atoms with Gasteiger partial charge in [-0.05, 0) is 55.6 Å². The first-order valence-electron chi connectivity index (χ1n) is 13.0. The number of benzene rings is 1. The molecule has 8 N–H and O–H groups in total. The summed E-state index contributed by atoms with van der Waals surface area (Å²) in [7, 11) is 3.12. The van der Waals surface area contributed by atoms with Gasteiger partial charge < -0.3 is 31.5 Å². The molecule has 1 heterocycles. The topological polar surface area (TPSA) is 217 Å². The van der Waals surface area contributed by atoms with Crippen LogP contribution in [0.5, 0.6) is 5.75 Å². The Morgan fingerprint density at radius 2 is 1.79 bits per heavy atom. The van der Waals surface area contributed by atoms with Crippen molar-refractivity contribution in [1.29, 1.82) is 0 Å². The summed E-state index contributed by atoms with van der Waals surface area (Å²) in [5.41, 5.74) is 4.00. The third-order valence-electron chi connectivity index (χ3n) is 8.23. The number of aromatic hydroxyl groups is 1. The van der Waals surface area contributed by atoms with Gasteiger partial charge in [0.2, 0.25) is 18.2 Å². The first kappa shape index (κ1) is 30.4. The summed E-state index contributed by atoms with van der Waals surface area (Å²) in [6.07, 6.45) is 3.25. The van der Waals surface area contributed by atoms with Crippen LogP contribution in [0.4, 0.5) is 0 Å². The predicted octanol–water partition coefficient (Wildman–Crippen LogP) is -0.259. The number of pyridine rings is 1. The van der Waals surface area contributed by atoms with Crippen molar-refractivity contribution >= 4 is 23.2 Å². The SMILES string of the molecule is CN(C)[C@@H]1C(=O)C(C(N)=O)=C(O)[C@@]2(O)C(=O)C3=C(O)c4c(O)ccc(CNCc5cc[n+](O)cc5)c4C[C@H]3C[C@@H]12.[C-]#[O+]. The second-order valence-electron chi connectivity index (χ2n) is 10.7. The van der Waals surface area contributed by atoms with E-state index < -0.39 is 58.0 Å². The molecule has 0 saturated heterocycles. The molecule has 13 nitrogen and oxygen atoms in total. The van der Waals surface area contributed by atoms with Gasteiger partial charge in [-0.3, -0.25) is 24.5 Å². The van der Waals surface area contributed by atoms with Crippen molar-refractivity contribution in [2.45, 2.75) is 37.6 Å². The van der Waals surface area contributed by atoms with E-state index in [4.69, 9.17) is 10.4 Å². The molecule has 1 aromatic heterocycles. The molecule has 13 heteroatoms. The second kappa shape index (κ2) is 11.4. The molecular formula is C29H31N4O9+. The molecule has 4 atom stereocenters. The first-order valence-corrected chi connectivity index (χ1v) is 13.0. The number of fused-ring (bicyclic) bond motifs is 3. The molecule has 5 rings (SSSR count). The van der Waals surface area contributed by atoms with Crippen molar-refractivity contribution in [1.82, 2.24) is 10.2 Å². The third-order valence-corrected chi connectivity index (χ3v) is 8.23. The molecule has 0 aliphatic heterocycles. The van der Waals surface area contributed by atoms with E-state index in [0.29, 0.717) is 18.7 Å². The van der Waals surface area contributed by atoms with Gasteiger partial charge >= 0.3 is 11.3 Å². The van der Waals surface area contributed by atoms with Crippen LogP contribution in [0.3, 0.4) is 0 Å². The van der Waals surface area contributed by atoms with Crippen molar-refractivity contribution in [3.05, 3.63) is 82.5 Å². The Kier molecular flexibility index (Phi) is 8.26. The van der Waals surface area contributed by atoms with Gasteiger partial charge in [-0.25, -0.2) is 0 Å². The number of phenols is 1. The van der Waals surface area contributed by atoms with Gasteiger partial charge in [-0.15, -0.1) is 0 Å². The van der Waals surface area contributed by atoms with E-state index in [1.807, 2.05) is 0 Å². The van der Waals surface area contributed by atoms with Crippen LogP contribution in [-0.2, 0) is 38.5 Å². The molecule has 1 saturated carbocycles. The summed E-state index contributed by atoms with van der Waals surface area (Å²) in [6.45, 7) is 5.33. The van der Waals surface area contributed by atoms with Gasteiger partial charge in [-0.2, -0.15) is 0 Å². The van der Waals surface area contributed by atoms with E-state index in [-0.39, 0.29) is 29.7 Å². The fraction of sp³-hybridized carbons (Fsp3) is 0.345. The summed E-state index contributed by atoms with van der Waals surface area (Å²) < 4.78 is 8.43. The molecule has 0 radical (unpaired) electrons. The fourth-order valence-corrected chi connectivity index (χ4v) is 6.38. The van der Waals surface area contributed by atoms with Crippen molar-refractivity contribution < 1.29 is 49.4 Å². The van der Waals surface area contributed by atoms with Crippen LogP contribution >= 0.6 is 0 Å². The molecule has 2 aromatic rings. The number of likely N-dealkylation sites (N-methyl/N-ethyl adjacent to an activating group) is 1. The number of hydrogen-bond donors (Lipinski definition) is 7. The van der Waals surface area contributed by atoms with Crippen LogP contribution < -0.4 is 15.8 Å². The number of nitrogens with two attached hydrogens (primary N) is 1. The number of Topliss-reactive ketones (excluding diaryl/α,β-unsaturated/α-hetero) is 2. The Balaban J connectivity index is 0.00000198. The van der Waals surface area contributed by atoms with Gasteiger partial charge in [0.1, 0.15) is 22.8 Å². The van der Waals surface area contributed by atoms with Crippen LogP contribution in [0.2, 0.25) is 0 Å². The van der Waals surface area contributed by atoms with Crippen molar-refractivity contribution in [2.75, 3.05) is 14.1 Å². The number of nitrogens with zero attached hydrogens (tertiary/aromatic N) is 2. The summed E-state index contributed by atoms with van der Waals surface area (Å²) in [4.78, 5) is 40.6. The molecule has 0 spiro atoms. The van der Waals surface area contributed by atoms with Crippen molar-refractivity contribution in [2.24, 2.45) is 17.6 Å². The van der Waals surface area contributed by atoms with E-state index in [0.717, 1.165) is 15.9 Å². The zero-order valence-corrected chi connectivity index (χ0v) is 22.9. The Labute approximate surface area is 240 Å². The zero-order chi connectivity index (χ0) is 31.1. The molecular weight excluding hydrogens is 548 g/mol. The average molecular weight is 580 g/mol. The molecule has 42 heavy (non-hydrogen) atoms. The molecule has 3 aliphatic rings. The standard InChI is InChI=1S/C28H30N4O8.CO/c1-31(2)22-17-10-15-9-16-14(12-30-11-13-5-7-32(40)8-6-13)3-4-18(33)20(16)23(34)19(15)25(36)28(17,39)26(37)21(24(22)35)27(29)38;1-2/h3-8,15,17,22,30,39H,9-12H2,1-2H3,(H5-,29,33,34,35,36,37,38,40);/p+1/t15-,17-,22-,28-;/m0./s1. The minimum atomic E-state index is -2.66. The first-order chi connectivity index (χ1) is 19.9. The Morgan fingerprint density at radius 3 is 2.38 bits per heavy atom. The number of amides is 1. The van der Waals surface area contributed by atoms with E-state index in [9.17, 15) is 40.0 Å². The number of aromatic nitrogens is 1. The van der Waals surface area contributed by atoms with Crippen molar-refractivity contribution in [3.63, 3.8) is 0 Å². The van der Waals surface area contributed by atoms with E-state index in [1.165, 1.54) is 23.4 Å². The summed E-state index contributed by atoms with van der Waals surface area (Å²) >= 11 is 0. The Hall–Kier alpha value is -4.52. The molecule has 0 bridgehead atoms. The second-order valence-corrected chi connectivity index (χ2v) is 10.7. The molecule has 1 fully saturated rings. The number of rotatable bonds is 6. The number of primary amides is 1. The number of aliphatic hydroxyl groups is 3. The number of nitrogens with one attached hydrogen (secondary N) is 1. The van der Waals surface area contributed by atoms with Gasteiger partial charge in [0.25, 0.3) is 5.91 Å². The summed E-state index contributed by atoms with van der Waals surface area (Å²) in [6, 6.07) is 5.47. The third kappa shape index (κ3) is 4.73. The van der Waals surface area contributed by atoms with Crippen LogP contribution in [0.25, 0.3) is 5.76 Å². The molecule has 3 aliphatic carbocycles. The van der Waals surface area contributed by atoms with Crippen LogP contribution in [-0.4, -0.2) is 73.7 Å². The predicted molar refractivity (Wildman–Crippen MR) is 143 cm³/mol. The van der Waals surface area contributed by atoms with Crippen LogP contribution in [0.1, 0.15) is 28.7 Å². The summed E-state index contributed by atoms with van der Waals surface area (Å²) in [5, 5.41) is 57.3. The molecule has 1 aromatic carbocycles. The molecule has 1 amide bonds. The fourth-order valence-electron chi connectivity index (χ4n) is 6.38. The Bertz CT molecular complexity index is 1540. The van der Waals surface area contributed by atoms with Gasteiger partial charge in [0.05, 0.1) is 11.6 Å². The maximum absolute atomic E-state index is 13.9. The number of ketones is 2. The molecule has 0 unspecified atom stereocenters. The van der Waals surface area contributed by atoms with E-state index in [2.05, 4.69) is 12.0 Å². The normalized spacial score (nSPS) is 24.9. The average Bonchev–Trinajstić information content (AvgIpc) is 2.93. The maximum atomic E-state index is 13.9. The summed E-state index contributed by atoms with van der Waals surface area (Å²) in [5.74, 6) is -6.77. The quantitative estimate of drug-likeness (QED) is 0.0782. The van der Waals surface area contributed by atoms with Gasteiger partial charge in [-0.1, -0.05) is 6.07 Å².